The van der Waals surface area contributed by atoms with Crippen LogP contribution in [0.5, 0.6) is 0 Å². The molecular formula is C17H25N3S. The summed E-state index contributed by atoms with van der Waals surface area (Å²) in [6.45, 7) is 7.32. The SMILES string of the molecule is CCNC(CCN(C)Cc1scnc1C)c1ccccc1. The first-order chi connectivity index (χ1) is 10.2. The van der Waals surface area contributed by atoms with Crippen molar-refractivity contribution in [1.82, 2.24) is 15.2 Å². The van der Waals surface area contributed by atoms with E-state index in [1.807, 2.05) is 5.51 Å². The molecule has 0 aliphatic heterocycles. The number of rotatable bonds is 8. The van der Waals surface area contributed by atoms with E-state index in [0.717, 1.165) is 31.7 Å². The first kappa shape index (κ1) is 16.1. The van der Waals surface area contributed by atoms with E-state index in [9.17, 15) is 0 Å². The van der Waals surface area contributed by atoms with Crippen molar-refractivity contribution >= 4 is 11.3 Å². The molecule has 1 aromatic carbocycles. The molecule has 3 nitrogen and oxygen atoms in total. The number of nitrogens with zero attached hydrogens (tertiary/aromatic N) is 2. The number of nitrogens with one attached hydrogen (secondary N) is 1. The van der Waals surface area contributed by atoms with Gasteiger partial charge in [0, 0.05) is 24.0 Å². The highest BCUT2D eigenvalue weighted by molar-refractivity contribution is 7.09. The Hall–Kier alpha value is -1.23. The fourth-order valence-corrected chi connectivity index (χ4v) is 3.33. The predicted octanol–water partition coefficient (Wildman–Crippen LogP) is 3.62. The van der Waals surface area contributed by atoms with Gasteiger partial charge in [-0.25, -0.2) is 4.98 Å². The highest BCUT2D eigenvalue weighted by Crippen LogP contribution is 2.18. The number of benzene rings is 1. The fourth-order valence-electron chi connectivity index (χ4n) is 2.47. The maximum atomic E-state index is 4.32. The molecule has 0 fully saturated rings. The molecule has 1 N–H and O–H groups in total. The summed E-state index contributed by atoms with van der Waals surface area (Å²) in [5, 5.41) is 3.59. The second-order valence-electron chi connectivity index (χ2n) is 5.41. The van der Waals surface area contributed by atoms with Crippen LogP contribution in [0.25, 0.3) is 0 Å². The van der Waals surface area contributed by atoms with Crippen LogP contribution in [-0.4, -0.2) is 30.0 Å². The van der Waals surface area contributed by atoms with Gasteiger partial charge in [-0.3, -0.25) is 0 Å². The molecule has 0 bridgehead atoms. The molecule has 0 spiro atoms. The van der Waals surface area contributed by atoms with E-state index >= 15 is 0 Å². The number of thiazole rings is 1. The molecule has 114 valence electrons. The quantitative estimate of drug-likeness (QED) is 0.807. The lowest BCUT2D eigenvalue weighted by molar-refractivity contribution is 0.303. The molecule has 1 aromatic heterocycles. The highest BCUT2D eigenvalue weighted by Gasteiger charge is 2.12. The Labute approximate surface area is 132 Å². The molecule has 0 aliphatic carbocycles. The Bertz CT molecular complexity index is 524. The molecule has 4 heteroatoms. The Balaban J connectivity index is 1.88. The van der Waals surface area contributed by atoms with Crippen LogP contribution >= 0.6 is 11.3 Å². The largest absolute Gasteiger partial charge is 0.310 e. The van der Waals surface area contributed by atoms with Gasteiger partial charge in [-0.05, 0) is 32.5 Å². The van der Waals surface area contributed by atoms with Gasteiger partial charge in [0.25, 0.3) is 0 Å². The topological polar surface area (TPSA) is 28.2 Å². The summed E-state index contributed by atoms with van der Waals surface area (Å²) in [6, 6.07) is 11.2. The predicted molar refractivity (Wildman–Crippen MR) is 90.7 cm³/mol. The van der Waals surface area contributed by atoms with E-state index in [1.54, 1.807) is 11.3 Å². The van der Waals surface area contributed by atoms with Crippen LogP contribution in [0.4, 0.5) is 0 Å². The van der Waals surface area contributed by atoms with Crippen LogP contribution in [0.1, 0.15) is 35.5 Å². The molecule has 21 heavy (non-hydrogen) atoms. The minimum absolute atomic E-state index is 0.432. The first-order valence-corrected chi connectivity index (χ1v) is 8.44. The van der Waals surface area contributed by atoms with Gasteiger partial charge in [0.05, 0.1) is 11.2 Å². The second kappa shape index (κ2) is 8.27. The van der Waals surface area contributed by atoms with Gasteiger partial charge < -0.3 is 10.2 Å². The van der Waals surface area contributed by atoms with E-state index in [0.29, 0.717) is 6.04 Å². The Morgan fingerprint density at radius 1 is 1.29 bits per heavy atom. The number of aromatic nitrogens is 1. The number of hydrogen-bond acceptors (Lipinski definition) is 4. The summed E-state index contributed by atoms with van der Waals surface area (Å²) in [5.74, 6) is 0. The molecule has 1 atom stereocenters. The molecule has 2 aromatic rings. The normalized spacial score (nSPS) is 12.8. The van der Waals surface area contributed by atoms with E-state index in [4.69, 9.17) is 0 Å². The molecule has 1 heterocycles. The average Bonchev–Trinajstić information content (AvgIpc) is 2.89. The monoisotopic (exact) mass is 303 g/mol. The molecule has 0 radical (unpaired) electrons. The van der Waals surface area contributed by atoms with Crippen molar-refractivity contribution in [3.8, 4) is 0 Å². The summed E-state index contributed by atoms with van der Waals surface area (Å²) >= 11 is 1.75. The van der Waals surface area contributed by atoms with Gasteiger partial charge in [0.15, 0.2) is 0 Å². The van der Waals surface area contributed by atoms with Gasteiger partial charge >= 0.3 is 0 Å². The van der Waals surface area contributed by atoms with Crippen molar-refractivity contribution in [2.75, 3.05) is 20.1 Å². The lowest BCUT2D eigenvalue weighted by Crippen LogP contribution is -2.27. The molecule has 0 saturated heterocycles. The van der Waals surface area contributed by atoms with Crippen LogP contribution in [0.2, 0.25) is 0 Å². The zero-order chi connectivity index (χ0) is 15.1. The van der Waals surface area contributed by atoms with Crippen molar-refractivity contribution in [2.24, 2.45) is 0 Å². The van der Waals surface area contributed by atoms with Crippen molar-refractivity contribution in [3.63, 3.8) is 0 Å². The minimum atomic E-state index is 0.432. The zero-order valence-corrected chi connectivity index (χ0v) is 14.0. The Kier molecular flexibility index (Phi) is 6.36. The van der Waals surface area contributed by atoms with Crippen molar-refractivity contribution in [3.05, 3.63) is 52.0 Å². The van der Waals surface area contributed by atoms with Gasteiger partial charge in [0.2, 0.25) is 0 Å². The van der Waals surface area contributed by atoms with E-state index in [1.165, 1.54) is 10.4 Å². The van der Waals surface area contributed by atoms with Gasteiger partial charge in [-0.1, -0.05) is 37.3 Å². The van der Waals surface area contributed by atoms with Gasteiger partial charge in [-0.2, -0.15) is 0 Å². The third kappa shape index (κ3) is 4.92. The van der Waals surface area contributed by atoms with E-state index in [-0.39, 0.29) is 0 Å². The summed E-state index contributed by atoms with van der Waals surface area (Å²) in [7, 11) is 2.19. The maximum Gasteiger partial charge on any atom is 0.0798 e. The first-order valence-electron chi connectivity index (χ1n) is 7.56. The molecular weight excluding hydrogens is 278 g/mol. The molecule has 2 rings (SSSR count). The molecule has 1 unspecified atom stereocenters. The van der Waals surface area contributed by atoms with E-state index in [2.05, 4.69) is 66.4 Å². The fraction of sp³-hybridized carbons (Fsp3) is 0.471. The summed E-state index contributed by atoms with van der Waals surface area (Å²) in [4.78, 5) is 8.08. The minimum Gasteiger partial charge on any atom is -0.310 e. The summed E-state index contributed by atoms with van der Waals surface area (Å²) in [6.07, 6.45) is 1.12. The van der Waals surface area contributed by atoms with Crippen LogP contribution in [0.3, 0.4) is 0 Å². The number of aryl methyl sites for hydroxylation is 1. The van der Waals surface area contributed by atoms with E-state index < -0.39 is 0 Å². The molecule has 0 aliphatic rings. The standard InChI is InChI=1S/C17H25N3S/c1-4-18-16(15-8-6-5-7-9-15)10-11-20(3)12-17-14(2)19-13-21-17/h5-9,13,16,18H,4,10-12H2,1-3H3. The third-order valence-electron chi connectivity index (χ3n) is 3.71. The Morgan fingerprint density at radius 3 is 2.67 bits per heavy atom. The number of hydrogen-bond donors (Lipinski definition) is 1. The summed E-state index contributed by atoms with van der Waals surface area (Å²) in [5.41, 5.74) is 4.48. The van der Waals surface area contributed by atoms with Gasteiger partial charge in [0.1, 0.15) is 0 Å². The summed E-state index contributed by atoms with van der Waals surface area (Å²) < 4.78 is 0. The zero-order valence-electron chi connectivity index (χ0n) is 13.2. The van der Waals surface area contributed by atoms with Crippen LogP contribution < -0.4 is 5.32 Å². The second-order valence-corrected chi connectivity index (χ2v) is 6.35. The third-order valence-corrected chi connectivity index (χ3v) is 4.63. The lowest BCUT2D eigenvalue weighted by Gasteiger charge is -2.22. The maximum absolute atomic E-state index is 4.32. The molecule has 0 amide bonds. The van der Waals surface area contributed by atoms with Crippen molar-refractivity contribution in [1.29, 1.82) is 0 Å². The highest BCUT2D eigenvalue weighted by atomic mass is 32.1. The average molecular weight is 303 g/mol. The van der Waals surface area contributed by atoms with Crippen molar-refractivity contribution in [2.45, 2.75) is 32.9 Å². The van der Waals surface area contributed by atoms with Crippen LogP contribution in [-0.2, 0) is 6.54 Å². The Morgan fingerprint density at radius 2 is 2.05 bits per heavy atom. The van der Waals surface area contributed by atoms with Crippen LogP contribution in [0.15, 0.2) is 35.8 Å². The smallest absolute Gasteiger partial charge is 0.0798 e. The van der Waals surface area contributed by atoms with Crippen LogP contribution in [0, 0.1) is 6.92 Å². The lowest BCUT2D eigenvalue weighted by atomic mass is 10.0. The van der Waals surface area contributed by atoms with Gasteiger partial charge in [-0.15, -0.1) is 11.3 Å². The molecule has 0 saturated carbocycles. The van der Waals surface area contributed by atoms with Crippen molar-refractivity contribution < 1.29 is 0 Å².